The molecule has 1 amide bonds. The lowest BCUT2D eigenvalue weighted by Gasteiger charge is -2.08. The zero-order valence-corrected chi connectivity index (χ0v) is 11.8. The Kier molecular flexibility index (Phi) is 4.57. The van der Waals surface area contributed by atoms with Crippen LogP contribution in [0.4, 0.5) is 0 Å². The highest BCUT2D eigenvalue weighted by molar-refractivity contribution is 7.98. The molecule has 100 valence electrons. The van der Waals surface area contributed by atoms with Crippen LogP contribution in [0.15, 0.2) is 35.5 Å². The average molecular weight is 276 g/mol. The molecule has 0 atom stereocenters. The van der Waals surface area contributed by atoms with Crippen LogP contribution in [0.3, 0.4) is 0 Å². The molecule has 0 bridgehead atoms. The van der Waals surface area contributed by atoms with Crippen molar-refractivity contribution >= 4 is 17.7 Å². The molecule has 5 nitrogen and oxygen atoms in total. The Morgan fingerprint density at radius 2 is 2.21 bits per heavy atom. The van der Waals surface area contributed by atoms with Crippen molar-refractivity contribution in [3.05, 3.63) is 42.0 Å². The largest absolute Gasteiger partial charge is 0.352 e. The van der Waals surface area contributed by atoms with Crippen molar-refractivity contribution in [2.45, 2.75) is 11.3 Å². The average Bonchev–Trinajstić information content (AvgIpc) is 2.84. The summed E-state index contributed by atoms with van der Waals surface area (Å²) in [4.78, 5) is 17.2. The molecule has 0 spiro atoms. The summed E-state index contributed by atoms with van der Waals surface area (Å²) in [7, 11) is 1.84. The van der Waals surface area contributed by atoms with Gasteiger partial charge in [0.05, 0.1) is 5.56 Å². The maximum atomic E-state index is 12.1. The normalized spacial score (nSPS) is 10.4. The van der Waals surface area contributed by atoms with Crippen LogP contribution in [0, 0.1) is 0 Å². The van der Waals surface area contributed by atoms with Gasteiger partial charge in [0.1, 0.15) is 12.2 Å². The molecule has 0 saturated heterocycles. The third-order valence-electron chi connectivity index (χ3n) is 2.79. The van der Waals surface area contributed by atoms with Crippen molar-refractivity contribution in [1.29, 1.82) is 0 Å². The van der Waals surface area contributed by atoms with Gasteiger partial charge in [0.2, 0.25) is 0 Å². The molecule has 0 aliphatic carbocycles. The number of aryl methyl sites for hydroxylation is 1. The second-order valence-corrected chi connectivity index (χ2v) is 4.85. The predicted octanol–water partition coefficient (Wildman–Crippen LogP) is 1.51. The molecule has 1 aromatic heterocycles. The minimum atomic E-state index is -0.0490. The Morgan fingerprint density at radius 3 is 2.89 bits per heavy atom. The number of amides is 1. The SMILES string of the molecule is CSc1ccccc1C(=O)NCCc1ncnn1C. The first-order valence-electron chi connectivity index (χ1n) is 5.96. The summed E-state index contributed by atoms with van der Waals surface area (Å²) in [6, 6.07) is 7.59. The first-order chi connectivity index (χ1) is 9.22. The van der Waals surface area contributed by atoms with Gasteiger partial charge in [-0.05, 0) is 18.4 Å². The number of nitrogens with zero attached hydrogens (tertiary/aromatic N) is 3. The first-order valence-corrected chi connectivity index (χ1v) is 7.19. The van der Waals surface area contributed by atoms with Crippen molar-refractivity contribution in [1.82, 2.24) is 20.1 Å². The first kappa shape index (κ1) is 13.6. The quantitative estimate of drug-likeness (QED) is 0.841. The summed E-state index contributed by atoms with van der Waals surface area (Å²) in [5.41, 5.74) is 0.716. The van der Waals surface area contributed by atoms with E-state index in [2.05, 4.69) is 15.4 Å². The summed E-state index contributed by atoms with van der Waals surface area (Å²) in [6.45, 7) is 0.550. The van der Waals surface area contributed by atoms with Crippen LogP contribution in [0.5, 0.6) is 0 Å². The van der Waals surface area contributed by atoms with Crippen molar-refractivity contribution in [3.8, 4) is 0 Å². The molecule has 0 fully saturated rings. The zero-order chi connectivity index (χ0) is 13.7. The van der Waals surface area contributed by atoms with Crippen LogP contribution in [0.1, 0.15) is 16.2 Å². The van der Waals surface area contributed by atoms with Gasteiger partial charge in [-0.25, -0.2) is 4.98 Å². The highest BCUT2D eigenvalue weighted by atomic mass is 32.2. The second-order valence-electron chi connectivity index (χ2n) is 4.01. The Balaban J connectivity index is 1.93. The van der Waals surface area contributed by atoms with E-state index in [4.69, 9.17) is 0 Å². The highest BCUT2D eigenvalue weighted by Gasteiger charge is 2.10. The molecule has 0 aliphatic heterocycles. The molecular weight excluding hydrogens is 260 g/mol. The lowest BCUT2D eigenvalue weighted by molar-refractivity contribution is 0.0951. The molecule has 0 aliphatic rings. The lowest BCUT2D eigenvalue weighted by atomic mass is 10.2. The molecule has 1 aromatic carbocycles. The number of hydrogen-bond donors (Lipinski definition) is 1. The maximum absolute atomic E-state index is 12.1. The summed E-state index contributed by atoms with van der Waals surface area (Å²) in [5.74, 6) is 0.811. The number of hydrogen-bond acceptors (Lipinski definition) is 4. The Hall–Kier alpha value is -1.82. The van der Waals surface area contributed by atoms with Crippen molar-refractivity contribution in [2.75, 3.05) is 12.8 Å². The van der Waals surface area contributed by atoms with Crippen molar-refractivity contribution < 1.29 is 4.79 Å². The maximum Gasteiger partial charge on any atom is 0.252 e. The summed E-state index contributed by atoms with van der Waals surface area (Å²) in [5, 5.41) is 6.90. The zero-order valence-electron chi connectivity index (χ0n) is 11.0. The van der Waals surface area contributed by atoms with Gasteiger partial charge < -0.3 is 5.32 Å². The van der Waals surface area contributed by atoms with E-state index in [0.717, 1.165) is 10.7 Å². The van der Waals surface area contributed by atoms with E-state index < -0.39 is 0 Å². The van der Waals surface area contributed by atoms with Gasteiger partial charge in [-0.2, -0.15) is 5.10 Å². The molecule has 2 aromatic rings. The minimum Gasteiger partial charge on any atom is -0.352 e. The van der Waals surface area contributed by atoms with Gasteiger partial charge in [-0.1, -0.05) is 12.1 Å². The fourth-order valence-electron chi connectivity index (χ4n) is 1.76. The molecule has 0 unspecified atom stereocenters. The van der Waals surface area contributed by atoms with E-state index in [1.165, 1.54) is 6.33 Å². The van der Waals surface area contributed by atoms with Gasteiger partial charge in [0.25, 0.3) is 5.91 Å². The Bertz CT molecular complexity index is 567. The number of benzene rings is 1. The van der Waals surface area contributed by atoms with E-state index in [1.54, 1.807) is 16.4 Å². The lowest BCUT2D eigenvalue weighted by Crippen LogP contribution is -2.26. The molecule has 0 saturated carbocycles. The van der Waals surface area contributed by atoms with Gasteiger partial charge in [-0.15, -0.1) is 11.8 Å². The van der Waals surface area contributed by atoms with Crippen LogP contribution < -0.4 is 5.32 Å². The number of carbonyl (C=O) groups is 1. The summed E-state index contributed by atoms with van der Waals surface area (Å²) in [6.07, 6.45) is 4.15. The standard InChI is InChI=1S/C13H16N4OS/c1-17-12(15-9-16-17)7-8-14-13(18)10-5-3-4-6-11(10)19-2/h3-6,9H,7-8H2,1-2H3,(H,14,18). The van der Waals surface area contributed by atoms with Crippen LogP contribution in [0.25, 0.3) is 0 Å². The molecule has 6 heteroatoms. The van der Waals surface area contributed by atoms with Gasteiger partial charge in [-0.3, -0.25) is 9.48 Å². The van der Waals surface area contributed by atoms with Crippen LogP contribution in [-0.2, 0) is 13.5 Å². The number of carbonyl (C=O) groups excluding carboxylic acids is 1. The highest BCUT2D eigenvalue weighted by Crippen LogP contribution is 2.19. The topological polar surface area (TPSA) is 59.8 Å². The Labute approximate surface area is 116 Å². The van der Waals surface area contributed by atoms with Gasteiger partial charge in [0, 0.05) is 24.9 Å². The van der Waals surface area contributed by atoms with E-state index in [1.807, 2.05) is 37.6 Å². The second kappa shape index (κ2) is 6.38. The number of thioether (sulfide) groups is 1. The molecule has 0 radical (unpaired) electrons. The smallest absolute Gasteiger partial charge is 0.252 e. The molecule has 2 rings (SSSR count). The minimum absolute atomic E-state index is 0.0490. The van der Waals surface area contributed by atoms with Crippen molar-refractivity contribution in [2.24, 2.45) is 7.05 Å². The summed E-state index contributed by atoms with van der Waals surface area (Å²) < 4.78 is 1.71. The molecule has 1 heterocycles. The van der Waals surface area contributed by atoms with E-state index in [-0.39, 0.29) is 5.91 Å². The van der Waals surface area contributed by atoms with Gasteiger partial charge in [0.15, 0.2) is 0 Å². The van der Waals surface area contributed by atoms with E-state index >= 15 is 0 Å². The van der Waals surface area contributed by atoms with E-state index in [9.17, 15) is 4.79 Å². The number of aromatic nitrogens is 3. The molecular formula is C13H16N4OS. The van der Waals surface area contributed by atoms with Crippen LogP contribution >= 0.6 is 11.8 Å². The number of nitrogens with one attached hydrogen (secondary N) is 1. The third kappa shape index (κ3) is 3.35. The van der Waals surface area contributed by atoms with Crippen LogP contribution in [-0.4, -0.2) is 33.5 Å². The number of rotatable bonds is 5. The van der Waals surface area contributed by atoms with E-state index in [0.29, 0.717) is 18.5 Å². The van der Waals surface area contributed by atoms with Gasteiger partial charge >= 0.3 is 0 Å². The van der Waals surface area contributed by atoms with Crippen molar-refractivity contribution in [3.63, 3.8) is 0 Å². The fraction of sp³-hybridized carbons (Fsp3) is 0.308. The Morgan fingerprint density at radius 1 is 1.42 bits per heavy atom. The molecule has 19 heavy (non-hydrogen) atoms. The molecule has 1 N–H and O–H groups in total. The monoisotopic (exact) mass is 276 g/mol. The third-order valence-corrected chi connectivity index (χ3v) is 3.59. The summed E-state index contributed by atoms with van der Waals surface area (Å²) >= 11 is 1.57. The predicted molar refractivity (Wildman–Crippen MR) is 75.3 cm³/mol. The fourth-order valence-corrected chi connectivity index (χ4v) is 2.36. The van der Waals surface area contributed by atoms with Crippen LogP contribution in [0.2, 0.25) is 0 Å².